The predicted octanol–water partition coefficient (Wildman–Crippen LogP) is 14.3. The fourth-order valence-corrected chi connectivity index (χ4v) is 9.20. The van der Waals surface area contributed by atoms with Crippen molar-refractivity contribution in [3.05, 3.63) is 200 Å². The third-order valence-corrected chi connectivity index (χ3v) is 11.8. The maximum absolute atomic E-state index is 5.33. The predicted molar refractivity (Wildman–Crippen MR) is 240 cm³/mol. The van der Waals surface area contributed by atoms with E-state index in [-0.39, 0.29) is 0 Å². The van der Waals surface area contributed by atoms with E-state index in [1.807, 2.05) is 6.07 Å². The van der Waals surface area contributed by atoms with Crippen molar-refractivity contribution in [1.29, 1.82) is 0 Å². The molecule has 0 aliphatic heterocycles. The van der Waals surface area contributed by atoms with E-state index in [4.69, 9.17) is 9.97 Å². The van der Waals surface area contributed by atoms with Gasteiger partial charge in [-0.2, -0.15) is 0 Å². The summed E-state index contributed by atoms with van der Waals surface area (Å²) < 4.78 is 2.46. The molecule has 3 nitrogen and oxygen atoms in total. The maximum atomic E-state index is 5.33. The number of hydrogen-bond donors (Lipinski definition) is 0. The summed E-state index contributed by atoms with van der Waals surface area (Å²) in [5.74, 6) is 0.713. The number of rotatable bonds is 4. The van der Waals surface area contributed by atoms with Crippen molar-refractivity contribution in [2.45, 2.75) is 0 Å². The van der Waals surface area contributed by atoms with Crippen LogP contribution in [0.5, 0.6) is 0 Å². The van der Waals surface area contributed by atoms with Gasteiger partial charge in [0.2, 0.25) is 0 Å². The van der Waals surface area contributed by atoms with Crippen LogP contribution in [0.15, 0.2) is 200 Å². The molecule has 0 spiro atoms. The van der Waals surface area contributed by atoms with Crippen LogP contribution < -0.4 is 0 Å². The minimum atomic E-state index is 0.713. The lowest BCUT2D eigenvalue weighted by Gasteiger charge is -2.15. The molecule has 0 amide bonds. The topological polar surface area (TPSA) is 30.7 Å². The number of aromatic nitrogens is 3. The summed E-state index contributed by atoms with van der Waals surface area (Å²) in [5.41, 5.74) is 8.40. The SMILES string of the molecule is c1ccc(-c2cc(-c3ccc(-n4c5ccccc5c5c6c7ccccc7ccc6c6ccccc6c54)cc3)nc(-c3cc4ccccc4c4ccccc34)n2)cc1. The van der Waals surface area contributed by atoms with Crippen LogP contribution in [0.3, 0.4) is 0 Å². The van der Waals surface area contributed by atoms with Gasteiger partial charge < -0.3 is 4.57 Å². The molecule has 0 radical (unpaired) electrons. The van der Waals surface area contributed by atoms with Crippen LogP contribution in [0, 0.1) is 0 Å². The average Bonchev–Trinajstić information content (AvgIpc) is 3.64. The molecule has 12 aromatic rings. The molecule has 0 aliphatic rings. The lowest BCUT2D eigenvalue weighted by Crippen LogP contribution is -1.98. The monoisotopic (exact) mass is 723 g/mol. The van der Waals surface area contributed by atoms with E-state index in [2.05, 4.69) is 199 Å². The average molecular weight is 724 g/mol. The van der Waals surface area contributed by atoms with Gasteiger partial charge in [-0.1, -0.05) is 170 Å². The van der Waals surface area contributed by atoms with E-state index < -0.39 is 0 Å². The Hall–Kier alpha value is -7.62. The maximum Gasteiger partial charge on any atom is 0.161 e. The zero-order valence-corrected chi connectivity index (χ0v) is 30.9. The van der Waals surface area contributed by atoms with Crippen LogP contribution >= 0.6 is 0 Å². The highest BCUT2D eigenvalue weighted by atomic mass is 15.0. The Morgan fingerprint density at radius 2 is 0.895 bits per heavy atom. The molecule has 0 fully saturated rings. The van der Waals surface area contributed by atoms with Crippen LogP contribution in [-0.2, 0) is 0 Å². The molecular formula is C54H33N3. The molecule has 0 saturated heterocycles. The first kappa shape index (κ1) is 31.7. The van der Waals surface area contributed by atoms with E-state index in [0.717, 1.165) is 39.2 Å². The molecule has 57 heavy (non-hydrogen) atoms. The minimum Gasteiger partial charge on any atom is -0.309 e. The van der Waals surface area contributed by atoms with Crippen LogP contribution in [0.25, 0.3) is 115 Å². The third kappa shape index (κ3) is 4.86. The Morgan fingerprint density at radius 1 is 0.333 bits per heavy atom. The molecule has 0 unspecified atom stereocenters. The molecule has 12 rings (SSSR count). The smallest absolute Gasteiger partial charge is 0.161 e. The molecular weight excluding hydrogens is 691 g/mol. The first-order chi connectivity index (χ1) is 28.3. The first-order valence-corrected chi connectivity index (χ1v) is 19.5. The molecule has 0 saturated carbocycles. The van der Waals surface area contributed by atoms with Gasteiger partial charge in [0.1, 0.15) is 0 Å². The molecule has 0 atom stereocenters. The van der Waals surface area contributed by atoms with E-state index in [1.165, 1.54) is 70.3 Å². The largest absolute Gasteiger partial charge is 0.309 e. The number of hydrogen-bond acceptors (Lipinski definition) is 2. The fraction of sp³-hybridized carbons (Fsp3) is 0. The molecule has 3 heteroatoms. The summed E-state index contributed by atoms with van der Waals surface area (Å²) in [6.07, 6.45) is 0. The quantitative estimate of drug-likeness (QED) is 0.169. The van der Waals surface area contributed by atoms with Crippen LogP contribution in [0.2, 0.25) is 0 Å². The van der Waals surface area contributed by atoms with Gasteiger partial charge >= 0.3 is 0 Å². The van der Waals surface area contributed by atoms with Gasteiger partial charge in [-0.15, -0.1) is 0 Å². The van der Waals surface area contributed by atoms with E-state index >= 15 is 0 Å². The van der Waals surface area contributed by atoms with Gasteiger partial charge in [0.15, 0.2) is 5.82 Å². The van der Waals surface area contributed by atoms with Crippen molar-refractivity contribution in [1.82, 2.24) is 14.5 Å². The summed E-state index contributed by atoms with van der Waals surface area (Å²) in [5, 5.41) is 14.9. The van der Waals surface area contributed by atoms with Gasteiger partial charge in [-0.25, -0.2) is 9.97 Å². The summed E-state index contributed by atoms with van der Waals surface area (Å²) >= 11 is 0. The molecule has 10 aromatic carbocycles. The Bertz CT molecular complexity index is 3560. The Labute approximate surface area is 328 Å². The second kappa shape index (κ2) is 12.5. The minimum absolute atomic E-state index is 0.713. The number of nitrogens with zero attached hydrogens (tertiary/aromatic N) is 3. The van der Waals surface area contributed by atoms with Crippen molar-refractivity contribution >= 4 is 75.7 Å². The van der Waals surface area contributed by atoms with Crippen molar-refractivity contribution in [3.63, 3.8) is 0 Å². The zero-order valence-electron chi connectivity index (χ0n) is 30.9. The highest BCUT2D eigenvalue weighted by Gasteiger charge is 2.21. The lowest BCUT2D eigenvalue weighted by molar-refractivity contribution is 1.17. The standard InChI is InChI=1S/C54H33N3/c1-2-15-35(16-3-1)48-33-49(56-54(55-48)47-32-37-17-5-6-18-39(37)41-20-8-9-21-42(41)47)36-26-29-38(30-27-36)57-50-25-13-12-24-46(50)52-51-40-19-7-4-14-34(40)28-31-44(51)43-22-10-11-23-45(43)53(52)57/h1-33H. The summed E-state index contributed by atoms with van der Waals surface area (Å²) in [7, 11) is 0. The van der Waals surface area contributed by atoms with E-state index in [0.29, 0.717) is 5.82 Å². The molecule has 2 heterocycles. The molecule has 264 valence electrons. The summed E-state index contributed by atoms with van der Waals surface area (Å²) in [6.45, 7) is 0. The van der Waals surface area contributed by atoms with Crippen molar-refractivity contribution in [2.24, 2.45) is 0 Å². The van der Waals surface area contributed by atoms with Crippen LogP contribution in [-0.4, -0.2) is 14.5 Å². The van der Waals surface area contributed by atoms with E-state index in [9.17, 15) is 0 Å². The van der Waals surface area contributed by atoms with Gasteiger partial charge in [0, 0.05) is 43.9 Å². The van der Waals surface area contributed by atoms with Gasteiger partial charge in [0.25, 0.3) is 0 Å². The third-order valence-electron chi connectivity index (χ3n) is 11.8. The number of para-hydroxylation sites is 1. The number of benzene rings is 10. The van der Waals surface area contributed by atoms with Crippen LogP contribution in [0.1, 0.15) is 0 Å². The molecule has 0 N–H and O–H groups in total. The Kier molecular flexibility index (Phi) is 6.93. The highest BCUT2D eigenvalue weighted by molar-refractivity contribution is 6.36. The van der Waals surface area contributed by atoms with Crippen molar-refractivity contribution in [2.75, 3.05) is 0 Å². The zero-order chi connectivity index (χ0) is 37.5. The van der Waals surface area contributed by atoms with Gasteiger partial charge in [0.05, 0.1) is 22.4 Å². The normalized spacial score (nSPS) is 11.9. The van der Waals surface area contributed by atoms with Gasteiger partial charge in [-0.05, 0) is 73.4 Å². The molecule has 2 aromatic heterocycles. The Balaban J connectivity index is 1.09. The first-order valence-electron chi connectivity index (χ1n) is 19.5. The van der Waals surface area contributed by atoms with Crippen molar-refractivity contribution < 1.29 is 0 Å². The summed E-state index contributed by atoms with van der Waals surface area (Å²) in [6, 6.07) is 72.0. The van der Waals surface area contributed by atoms with Gasteiger partial charge in [-0.3, -0.25) is 0 Å². The second-order valence-corrected chi connectivity index (χ2v) is 14.9. The summed E-state index contributed by atoms with van der Waals surface area (Å²) in [4.78, 5) is 10.6. The molecule has 0 aliphatic carbocycles. The fourth-order valence-electron chi connectivity index (χ4n) is 9.20. The highest BCUT2D eigenvalue weighted by Crippen LogP contribution is 2.45. The number of fused-ring (bicyclic) bond motifs is 13. The molecule has 0 bridgehead atoms. The van der Waals surface area contributed by atoms with Crippen LogP contribution in [0.4, 0.5) is 0 Å². The second-order valence-electron chi connectivity index (χ2n) is 14.9. The van der Waals surface area contributed by atoms with E-state index in [1.54, 1.807) is 0 Å². The van der Waals surface area contributed by atoms with Crippen molar-refractivity contribution in [3.8, 4) is 39.6 Å². The Morgan fingerprint density at radius 3 is 1.65 bits per heavy atom. The lowest BCUT2D eigenvalue weighted by atomic mass is 9.93.